The molecule has 0 unspecified atom stereocenters. The Morgan fingerprint density at radius 1 is 1.25 bits per heavy atom. The van der Waals surface area contributed by atoms with Crippen molar-refractivity contribution in [1.29, 1.82) is 0 Å². The number of amides is 2. The zero-order valence-corrected chi connectivity index (χ0v) is 16.5. The predicted molar refractivity (Wildman–Crippen MR) is 107 cm³/mol. The highest BCUT2D eigenvalue weighted by molar-refractivity contribution is 5.95. The van der Waals surface area contributed by atoms with Crippen molar-refractivity contribution in [3.8, 4) is 0 Å². The lowest BCUT2D eigenvalue weighted by Gasteiger charge is -2.36. The molecule has 0 spiro atoms. The zero-order chi connectivity index (χ0) is 19.4. The molecular weight excluding hydrogens is 385 g/mol. The first-order valence-corrected chi connectivity index (χ1v) is 9.15. The Kier molecular flexibility index (Phi) is 7.65. The van der Waals surface area contributed by atoms with Crippen LogP contribution in [0.2, 0.25) is 0 Å². The summed E-state index contributed by atoms with van der Waals surface area (Å²) in [5.74, 6) is -0.462. The maximum absolute atomic E-state index is 12.8. The molecule has 152 valence electrons. The minimum Gasteiger partial charge on any atom is -0.351 e. The monoisotopic (exact) mass is 409 g/mol. The van der Waals surface area contributed by atoms with Crippen molar-refractivity contribution in [3.63, 3.8) is 0 Å². The summed E-state index contributed by atoms with van der Waals surface area (Å²) in [7, 11) is 0. The minimum absolute atomic E-state index is 0. The lowest BCUT2D eigenvalue weighted by atomic mass is 10.1. The summed E-state index contributed by atoms with van der Waals surface area (Å²) >= 11 is 0. The van der Waals surface area contributed by atoms with Gasteiger partial charge in [0.2, 0.25) is 5.91 Å². The van der Waals surface area contributed by atoms with E-state index in [4.69, 9.17) is 5.73 Å². The molecular formula is C19H25ClFN5O2. The fourth-order valence-electron chi connectivity index (χ4n) is 3.04. The molecule has 0 aliphatic carbocycles. The maximum Gasteiger partial charge on any atom is 0.271 e. The van der Waals surface area contributed by atoms with Gasteiger partial charge in [0.15, 0.2) is 0 Å². The van der Waals surface area contributed by atoms with E-state index in [1.54, 1.807) is 6.92 Å². The third-order valence-electron chi connectivity index (χ3n) is 4.65. The molecule has 0 bridgehead atoms. The van der Waals surface area contributed by atoms with E-state index in [1.165, 1.54) is 4.90 Å². The SMILES string of the molecule is Cc1nc2ccccc2nc1C(=O)NCCCC[C@H](N)C(=O)N1CC(F)C1.Cl. The number of carbonyl (C=O) groups is 2. The molecule has 0 saturated carbocycles. The van der Waals surface area contributed by atoms with E-state index in [9.17, 15) is 14.0 Å². The highest BCUT2D eigenvalue weighted by atomic mass is 35.5. The smallest absolute Gasteiger partial charge is 0.271 e. The van der Waals surface area contributed by atoms with Gasteiger partial charge in [-0.25, -0.2) is 14.4 Å². The number of aromatic nitrogens is 2. The molecule has 3 rings (SSSR count). The van der Waals surface area contributed by atoms with Crippen LogP contribution in [0.15, 0.2) is 24.3 Å². The standard InChI is InChI=1S/C19H24FN5O2.ClH/c1-12-17(24-16-8-3-2-7-15(16)23-12)18(26)22-9-5-4-6-14(21)19(27)25-10-13(20)11-25;/h2-3,7-8,13-14H,4-6,9-11,21H2,1H3,(H,22,26);1H/t14-;/m0./s1. The highest BCUT2D eigenvalue weighted by Crippen LogP contribution is 2.14. The van der Waals surface area contributed by atoms with Crippen molar-refractivity contribution in [2.45, 2.75) is 38.4 Å². The summed E-state index contributed by atoms with van der Waals surface area (Å²) in [5, 5.41) is 2.83. The largest absolute Gasteiger partial charge is 0.351 e. The van der Waals surface area contributed by atoms with Gasteiger partial charge in [0.25, 0.3) is 5.91 Å². The maximum atomic E-state index is 12.8. The normalized spacial score (nSPS) is 14.9. The van der Waals surface area contributed by atoms with Crippen LogP contribution < -0.4 is 11.1 Å². The van der Waals surface area contributed by atoms with Crippen LogP contribution in [0, 0.1) is 6.92 Å². The minimum atomic E-state index is -0.918. The van der Waals surface area contributed by atoms with Crippen LogP contribution in [-0.4, -0.2) is 58.5 Å². The quantitative estimate of drug-likeness (QED) is 0.678. The average molecular weight is 410 g/mol. The number of unbranched alkanes of at least 4 members (excludes halogenated alkanes) is 1. The summed E-state index contributed by atoms with van der Waals surface area (Å²) in [5.41, 5.74) is 8.20. The Bertz CT molecular complexity index is 844. The van der Waals surface area contributed by atoms with E-state index < -0.39 is 12.2 Å². The third kappa shape index (κ3) is 5.14. The molecule has 1 aromatic carbocycles. The summed E-state index contributed by atoms with van der Waals surface area (Å²) in [6.07, 6.45) is 0.982. The number of benzene rings is 1. The first-order chi connectivity index (χ1) is 13.0. The first-order valence-electron chi connectivity index (χ1n) is 9.15. The Morgan fingerprint density at radius 3 is 2.54 bits per heavy atom. The number of hydrogen-bond acceptors (Lipinski definition) is 5. The van der Waals surface area contributed by atoms with Gasteiger partial charge >= 0.3 is 0 Å². The van der Waals surface area contributed by atoms with E-state index in [2.05, 4.69) is 15.3 Å². The Morgan fingerprint density at radius 2 is 1.89 bits per heavy atom. The number of nitrogens with zero attached hydrogens (tertiary/aromatic N) is 3. The first kappa shape index (κ1) is 22.0. The summed E-state index contributed by atoms with van der Waals surface area (Å²) in [4.78, 5) is 34.5. The van der Waals surface area contributed by atoms with Crippen LogP contribution >= 0.6 is 12.4 Å². The van der Waals surface area contributed by atoms with Gasteiger partial charge < -0.3 is 16.0 Å². The van der Waals surface area contributed by atoms with E-state index >= 15 is 0 Å². The Hall–Kier alpha value is -2.32. The van der Waals surface area contributed by atoms with Crippen LogP contribution in [0.25, 0.3) is 11.0 Å². The van der Waals surface area contributed by atoms with Gasteiger partial charge in [-0.15, -0.1) is 12.4 Å². The van der Waals surface area contributed by atoms with Gasteiger partial charge in [-0.1, -0.05) is 12.1 Å². The predicted octanol–water partition coefficient (Wildman–Crippen LogP) is 1.77. The number of rotatable bonds is 7. The number of halogens is 2. The zero-order valence-electron chi connectivity index (χ0n) is 15.7. The number of nitrogens with one attached hydrogen (secondary N) is 1. The lowest BCUT2D eigenvalue weighted by Crippen LogP contribution is -2.56. The van der Waals surface area contributed by atoms with Crippen LogP contribution in [-0.2, 0) is 4.79 Å². The molecule has 1 aliphatic rings. The summed E-state index contributed by atoms with van der Waals surface area (Å²) in [6, 6.07) is 6.80. The molecule has 3 N–H and O–H groups in total. The van der Waals surface area contributed by atoms with Gasteiger partial charge in [-0.2, -0.15) is 0 Å². The van der Waals surface area contributed by atoms with E-state index in [0.29, 0.717) is 42.7 Å². The summed E-state index contributed by atoms with van der Waals surface area (Å²) < 4.78 is 12.8. The fourth-order valence-corrected chi connectivity index (χ4v) is 3.04. The van der Waals surface area contributed by atoms with Gasteiger partial charge in [-0.3, -0.25) is 9.59 Å². The second-order valence-corrected chi connectivity index (χ2v) is 6.85. The second kappa shape index (κ2) is 9.75. The molecule has 2 aromatic rings. The highest BCUT2D eigenvalue weighted by Gasteiger charge is 2.32. The van der Waals surface area contributed by atoms with Crippen molar-refractivity contribution in [2.75, 3.05) is 19.6 Å². The molecule has 2 heterocycles. The van der Waals surface area contributed by atoms with Gasteiger partial charge in [0.1, 0.15) is 11.9 Å². The van der Waals surface area contributed by atoms with E-state index in [1.807, 2.05) is 24.3 Å². The molecule has 1 saturated heterocycles. The number of nitrogens with two attached hydrogens (primary N) is 1. The Balaban J connectivity index is 0.00000280. The molecule has 1 atom stereocenters. The van der Waals surface area contributed by atoms with Crippen LogP contribution in [0.1, 0.15) is 35.4 Å². The molecule has 1 aliphatic heterocycles. The van der Waals surface area contributed by atoms with Crippen molar-refractivity contribution in [2.24, 2.45) is 5.73 Å². The number of hydrogen-bond donors (Lipinski definition) is 2. The van der Waals surface area contributed by atoms with Crippen molar-refractivity contribution < 1.29 is 14.0 Å². The number of alkyl halides is 1. The molecule has 28 heavy (non-hydrogen) atoms. The number of likely N-dealkylation sites (tertiary alicyclic amines) is 1. The third-order valence-corrected chi connectivity index (χ3v) is 4.65. The van der Waals surface area contributed by atoms with Crippen LogP contribution in [0.3, 0.4) is 0 Å². The van der Waals surface area contributed by atoms with Gasteiger partial charge in [0, 0.05) is 6.54 Å². The molecule has 2 amide bonds. The number of fused-ring (bicyclic) bond motifs is 1. The van der Waals surface area contributed by atoms with Crippen molar-refractivity contribution in [1.82, 2.24) is 20.2 Å². The molecule has 7 nitrogen and oxygen atoms in total. The van der Waals surface area contributed by atoms with E-state index in [-0.39, 0.29) is 37.3 Å². The lowest BCUT2D eigenvalue weighted by molar-refractivity contribution is -0.139. The number of aryl methyl sites for hydroxylation is 1. The van der Waals surface area contributed by atoms with Gasteiger partial charge in [0.05, 0.1) is 35.9 Å². The summed E-state index contributed by atoms with van der Waals surface area (Å²) in [6.45, 7) is 2.52. The topological polar surface area (TPSA) is 101 Å². The number of para-hydroxylation sites is 2. The van der Waals surface area contributed by atoms with Gasteiger partial charge in [-0.05, 0) is 38.3 Å². The molecule has 0 radical (unpaired) electrons. The fraction of sp³-hybridized carbons (Fsp3) is 0.474. The van der Waals surface area contributed by atoms with Crippen LogP contribution in [0.4, 0.5) is 4.39 Å². The average Bonchev–Trinajstić information content (AvgIpc) is 2.63. The molecule has 1 aromatic heterocycles. The molecule has 1 fully saturated rings. The van der Waals surface area contributed by atoms with Crippen LogP contribution in [0.5, 0.6) is 0 Å². The van der Waals surface area contributed by atoms with E-state index in [0.717, 1.165) is 5.52 Å². The number of carbonyl (C=O) groups excluding carboxylic acids is 2. The van der Waals surface area contributed by atoms with Crippen molar-refractivity contribution >= 4 is 35.3 Å². The molecule has 9 heteroatoms. The second-order valence-electron chi connectivity index (χ2n) is 6.85. The van der Waals surface area contributed by atoms with Crippen molar-refractivity contribution in [3.05, 3.63) is 35.7 Å². The Labute approximate surface area is 169 Å².